The van der Waals surface area contributed by atoms with Crippen LogP contribution < -0.4 is 15.5 Å². The maximum atomic E-state index is 13.4. The number of amides is 2. The van der Waals surface area contributed by atoms with E-state index < -0.39 is 4.33 Å². The summed E-state index contributed by atoms with van der Waals surface area (Å²) in [7, 11) is 2.96. The van der Waals surface area contributed by atoms with Gasteiger partial charge in [0.2, 0.25) is 21.8 Å². The molecule has 0 aromatic heterocycles. The van der Waals surface area contributed by atoms with Crippen LogP contribution in [0.15, 0.2) is 109 Å². The van der Waals surface area contributed by atoms with Gasteiger partial charge in [-0.15, -0.1) is 0 Å². The van der Waals surface area contributed by atoms with Gasteiger partial charge in [-0.05, 0) is 80.8 Å². The number of fused-ring (bicyclic) bond motifs is 9. The first kappa shape index (κ1) is 31.0. The van der Waals surface area contributed by atoms with Crippen molar-refractivity contribution < 1.29 is 14.2 Å². The van der Waals surface area contributed by atoms with E-state index in [1.165, 1.54) is 54.3 Å². The van der Waals surface area contributed by atoms with Gasteiger partial charge in [0.1, 0.15) is 0 Å². The minimum atomic E-state index is -0.815. The maximum absolute atomic E-state index is 13.4. The molecule has 0 unspecified atom stereocenters. The van der Waals surface area contributed by atoms with Crippen molar-refractivity contribution in [2.75, 3.05) is 18.0 Å². The number of hydrogen-bond acceptors (Lipinski definition) is 5. The molecule has 8 heteroatoms. The molecule has 4 aliphatic heterocycles. The second-order valence-corrected chi connectivity index (χ2v) is 16.8. The van der Waals surface area contributed by atoms with E-state index in [1.807, 2.05) is 0 Å². The van der Waals surface area contributed by atoms with E-state index in [0.29, 0.717) is 25.9 Å². The van der Waals surface area contributed by atoms with Gasteiger partial charge < -0.3 is 15.5 Å². The van der Waals surface area contributed by atoms with Crippen molar-refractivity contribution in [1.29, 1.82) is 0 Å². The topological polar surface area (TPSA) is 64.5 Å². The SMILES string of the molecule is CC1(C)C2=[N+](CCC(=O)NC3(NC(=O)CCN4/C(=C/C=C/C=C/2)C(C)(C)c2c4ccc4ccccc24)SS3)c2ccc3ccccc3c21. The number of carbonyl (C=O) groups excluding carboxylic acids is 2. The molecule has 8 rings (SSSR count). The molecule has 4 aromatic rings. The molecular weight excluding hydrogens is 633 g/mol. The van der Waals surface area contributed by atoms with Crippen LogP contribution in [0.3, 0.4) is 0 Å². The van der Waals surface area contributed by atoms with Crippen LogP contribution in [-0.2, 0) is 20.4 Å². The van der Waals surface area contributed by atoms with Crippen molar-refractivity contribution in [3.05, 3.63) is 120 Å². The summed E-state index contributed by atoms with van der Waals surface area (Å²) in [5, 5.41) is 11.1. The molecule has 0 aliphatic carbocycles. The van der Waals surface area contributed by atoms with Crippen molar-refractivity contribution in [3.8, 4) is 0 Å². The summed E-state index contributed by atoms with van der Waals surface area (Å²) >= 11 is 0. The minimum absolute atomic E-state index is 0.0866. The lowest BCUT2D eigenvalue weighted by molar-refractivity contribution is -0.436. The Balaban J connectivity index is 1.22. The quantitative estimate of drug-likeness (QED) is 0.112. The van der Waals surface area contributed by atoms with E-state index in [2.05, 4.69) is 151 Å². The highest BCUT2D eigenvalue weighted by Gasteiger charge is 2.50. The molecular formula is C40H39N4O2S2+. The molecule has 242 valence electrons. The van der Waals surface area contributed by atoms with E-state index in [1.54, 1.807) is 0 Å². The molecule has 6 nitrogen and oxygen atoms in total. The number of carbonyl (C=O) groups is 2. The highest BCUT2D eigenvalue weighted by Crippen LogP contribution is 2.60. The standard InChI is InChI=1S/C40H38N4O2S2/c1-38(2)32-16-6-5-7-17-33-39(3,4)37-29-15-11-9-13-27(29)19-21-31(37)44(33)25-23-35(46)42-40(47-48-40)41-34(45)22-24-43(32)30-20-18-26-12-8-10-14-28(26)36(30)38/h5-21H,22-25H2,1-4H3,(H-,41,42,45,46)/p+1. The van der Waals surface area contributed by atoms with Crippen LogP contribution in [0.4, 0.5) is 11.4 Å². The molecule has 4 aliphatic rings. The molecule has 2 amide bonds. The van der Waals surface area contributed by atoms with E-state index in [4.69, 9.17) is 0 Å². The molecule has 48 heavy (non-hydrogen) atoms. The smallest absolute Gasteiger partial charge is 0.231 e. The van der Waals surface area contributed by atoms with E-state index in [0.717, 1.165) is 22.8 Å². The molecule has 0 saturated carbocycles. The highest BCUT2D eigenvalue weighted by atomic mass is 33.2. The van der Waals surface area contributed by atoms with Gasteiger partial charge >= 0.3 is 0 Å². The second-order valence-electron chi connectivity index (χ2n) is 14.0. The van der Waals surface area contributed by atoms with E-state index in [9.17, 15) is 9.59 Å². The lowest BCUT2D eigenvalue weighted by Gasteiger charge is -2.27. The molecule has 2 N–H and O–H groups in total. The van der Waals surface area contributed by atoms with Crippen molar-refractivity contribution in [3.63, 3.8) is 0 Å². The summed E-state index contributed by atoms with van der Waals surface area (Å²) in [5.41, 5.74) is 6.59. The molecule has 4 aromatic carbocycles. The van der Waals surface area contributed by atoms with E-state index >= 15 is 0 Å². The molecule has 0 bridgehead atoms. The lowest BCUT2D eigenvalue weighted by Crippen LogP contribution is -2.49. The molecule has 0 radical (unpaired) electrons. The summed E-state index contributed by atoms with van der Waals surface area (Å²) in [6.07, 6.45) is 11.3. The molecule has 4 heterocycles. The summed E-state index contributed by atoms with van der Waals surface area (Å²) in [5.74, 6) is -0.173. The zero-order chi connectivity index (χ0) is 33.3. The Hall–Kier alpha value is -4.27. The van der Waals surface area contributed by atoms with Crippen molar-refractivity contribution >= 4 is 72.0 Å². The summed E-state index contributed by atoms with van der Waals surface area (Å²) in [6.45, 7) is 10.2. The van der Waals surface area contributed by atoms with Crippen LogP contribution in [0.5, 0.6) is 0 Å². The molecule has 1 saturated heterocycles. The van der Waals surface area contributed by atoms with Crippen LogP contribution in [0.1, 0.15) is 51.7 Å². The van der Waals surface area contributed by atoms with Gasteiger partial charge in [-0.3, -0.25) is 9.59 Å². The zero-order valence-corrected chi connectivity index (χ0v) is 29.3. The maximum Gasteiger partial charge on any atom is 0.231 e. The van der Waals surface area contributed by atoms with Crippen LogP contribution in [0.25, 0.3) is 21.5 Å². The average molecular weight is 672 g/mol. The number of nitrogens with zero attached hydrogens (tertiary/aromatic N) is 2. The average Bonchev–Trinajstić information content (AvgIpc) is 3.72. The summed E-state index contributed by atoms with van der Waals surface area (Å²) < 4.78 is 1.49. The predicted molar refractivity (Wildman–Crippen MR) is 201 cm³/mol. The van der Waals surface area contributed by atoms with Crippen LogP contribution in [0.2, 0.25) is 0 Å². The highest BCUT2D eigenvalue weighted by molar-refractivity contribution is 8.93. The Morgan fingerprint density at radius 2 is 1.35 bits per heavy atom. The fraction of sp³-hybridized carbons (Fsp3) is 0.275. The van der Waals surface area contributed by atoms with Crippen LogP contribution in [-0.4, -0.2) is 39.5 Å². The third-order valence-electron chi connectivity index (χ3n) is 10.2. The normalized spacial score (nSPS) is 23.6. The van der Waals surface area contributed by atoms with Gasteiger partial charge in [-0.2, -0.15) is 4.58 Å². The monoisotopic (exact) mass is 671 g/mol. The second kappa shape index (κ2) is 11.4. The third-order valence-corrected chi connectivity index (χ3v) is 12.6. The largest absolute Gasteiger partial charge is 0.343 e. The van der Waals surface area contributed by atoms with Crippen LogP contribution >= 0.6 is 21.6 Å². The number of anilines is 1. The van der Waals surface area contributed by atoms with Gasteiger partial charge in [0.15, 0.2) is 12.3 Å². The summed E-state index contributed by atoms with van der Waals surface area (Å²) in [6, 6.07) is 25.8. The zero-order valence-electron chi connectivity index (χ0n) is 27.7. The van der Waals surface area contributed by atoms with Gasteiger partial charge in [-0.1, -0.05) is 86.7 Å². The first-order chi connectivity index (χ1) is 23.1. The first-order valence-electron chi connectivity index (χ1n) is 16.6. The number of hydrogen-bond donors (Lipinski definition) is 2. The van der Waals surface area contributed by atoms with Gasteiger partial charge in [0.05, 0.1) is 11.8 Å². The summed E-state index contributed by atoms with van der Waals surface area (Å²) in [4.78, 5) is 29.1. The van der Waals surface area contributed by atoms with Crippen molar-refractivity contribution in [1.82, 2.24) is 10.6 Å². The first-order valence-corrected chi connectivity index (χ1v) is 18.8. The fourth-order valence-corrected chi connectivity index (χ4v) is 9.44. The Labute approximate surface area is 289 Å². The van der Waals surface area contributed by atoms with Crippen LogP contribution in [0, 0.1) is 0 Å². The van der Waals surface area contributed by atoms with Crippen molar-refractivity contribution in [2.24, 2.45) is 0 Å². The predicted octanol–water partition coefficient (Wildman–Crippen LogP) is 8.20. The number of nitrogens with one attached hydrogen (secondary N) is 2. The number of rotatable bonds is 0. The fourth-order valence-electron chi connectivity index (χ4n) is 7.99. The lowest BCUT2D eigenvalue weighted by atomic mass is 9.79. The van der Waals surface area contributed by atoms with Gasteiger partial charge in [0, 0.05) is 47.5 Å². The number of allylic oxidation sites excluding steroid dienone is 6. The number of benzene rings is 4. The molecule has 1 spiro atoms. The molecule has 1 fully saturated rings. The Kier molecular flexibility index (Phi) is 7.38. The van der Waals surface area contributed by atoms with Gasteiger partial charge in [0.25, 0.3) is 0 Å². The molecule has 0 atom stereocenters. The Morgan fingerprint density at radius 3 is 2.06 bits per heavy atom. The minimum Gasteiger partial charge on any atom is -0.343 e. The Bertz CT molecular complexity index is 2160. The Morgan fingerprint density at radius 1 is 0.708 bits per heavy atom. The van der Waals surface area contributed by atoms with Gasteiger partial charge in [-0.25, -0.2) is 0 Å². The van der Waals surface area contributed by atoms with E-state index in [-0.39, 0.29) is 22.6 Å². The third kappa shape index (κ3) is 5.08. The van der Waals surface area contributed by atoms with Crippen molar-refractivity contribution in [2.45, 2.75) is 55.7 Å².